The van der Waals surface area contributed by atoms with Crippen LogP contribution in [0.2, 0.25) is 0 Å². The van der Waals surface area contributed by atoms with E-state index in [9.17, 15) is 9.67 Å². The van der Waals surface area contributed by atoms with Crippen LogP contribution in [-0.4, -0.2) is 14.9 Å². The van der Waals surface area contributed by atoms with E-state index in [1.807, 2.05) is 12.1 Å². The summed E-state index contributed by atoms with van der Waals surface area (Å²) in [4.78, 5) is 18.0. The Kier molecular flexibility index (Phi) is 12.9. The Balaban J connectivity index is 2.00. The van der Waals surface area contributed by atoms with Crippen molar-refractivity contribution in [1.29, 1.82) is 0 Å². The fourth-order valence-corrected chi connectivity index (χ4v) is 3.96. The van der Waals surface area contributed by atoms with Crippen LogP contribution in [0.15, 0.2) is 24.3 Å². The molecule has 1 aromatic rings. The topological polar surface area (TPSA) is 77.8 Å². The van der Waals surface area contributed by atoms with E-state index in [1.54, 1.807) is 12.1 Å². The van der Waals surface area contributed by atoms with Crippen LogP contribution in [0.3, 0.4) is 0 Å². The van der Waals surface area contributed by atoms with Crippen molar-refractivity contribution in [2.75, 3.05) is 0 Å². The molecule has 1 aromatic carbocycles. The van der Waals surface area contributed by atoms with E-state index < -0.39 is 13.4 Å². The van der Waals surface area contributed by atoms with Gasteiger partial charge >= 0.3 is 7.60 Å². The van der Waals surface area contributed by atoms with E-state index in [0.717, 1.165) is 18.4 Å². The molecule has 1 rings (SSSR count). The fraction of sp³-hybridized carbons (Fsp3) is 0.727. The molecule has 0 fully saturated rings. The lowest BCUT2D eigenvalue weighted by molar-refractivity contribution is 0.205. The first-order valence-electron chi connectivity index (χ1n) is 10.8. The molecule has 0 saturated heterocycles. The second-order valence-corrected chi connectivity index (χ2v) is 9.36. The Labute approximate surface area is 165 Å². The fourth-order valence-electron chi connectivity index (χ4n) is 3.40. The first kappa shape index (κ1) is 24.4. The molecule has 0 amide bonds. The third kappa shape index (κ3) is 11.7. The summed E-state index contributed by atoms with van der Waals surface area (Å²) in [5.74, 6) is -1.72. The SMILES string of the molecule is CCCCCCCCCCCCCCCc1ccc(C(O)P(=O)(O)O)cc1. The molecule has 1 unspecified atom stereocenters. The molecular formula is C22H39O4P. The van der Waals surface area contributed by atoms with Crippen LogP contribution in [0.1, 0.15) is 107 Å². The van der Waals surface area contributed by atoms with Crippen molar-refractivity contribution in [1.82, 2.24) is 0 Å². The van der Waals surface area contributed by atoms with Gasteiger partial charge < -0.3 is 14.9 Å². The van der Waals surface area contributed by atoms with Gasteiger partial charge in [-0.1, -0.05) is 108 Å². The predicted octanol–water partition coefficient (Wildman–Crippen LogP) is 6.49. The molecule has 0 aliphatic carbocycles. The number of aliphatic hydroxyl groups excluding tert-OH is 1. The van der Waals surface area contributed by atoms with Gasteiger partial charge in [-0.05, 0) is 24.0 Å². The molecule has 27 heavy (non-hydrogen) atoms. The summed E-state index contributed by atoms with van der Waals surface area (Å²) in [6.07, 6.45) is 18.4. The van der Waals surface area contributed by atoms with Crippen LogP contribution in [0.4, 0.5) is 0 Å². The average molecular weight is 399 g/mol. The van der Waals surface area contributed by atoms with E-state index in [4.69, 9.17) is 9.79 Å². The maximum Gasteiger partial charge on any atom is 0.358 e. The summed E-state index contributed by atoms with van der Waals surface area (Å²) in [5.41, 5.74) is 1.43. The highest BCUT2D eigenvalue weighted by Gasteiger charge is 2.27. The molecule has 0 saturated carbocycles. The second kappa shape index (κ2) is 14.3. The van der Waals surface area contributed by atoms with E-state index >= 15 is 0 Å². The highest BCUT2D eigenvalue weighted by Crippen LogP contribution is 2.49. The molecule has 0 spiro atoms. The standard InChI is InChI=1S/C22H39O4P/c1-2-3-4-5-6-7-8-9-10-11-12-13-14-15-20-16-18-21(19-17-20)22(23)27(24,25)26/h16-19,22-23H,2-15H2,1H3,(H2,24,25,26). The molecule has 3 N–H and O–H groups in total. The van der Waals surface area contributed by atoms with E-state index in [1.165, 1.54) is 77.0 Å². The minimum absolute atomic E-state index is 0.275. The maximum absolute atomic E-state index is 11.1. The number of aryl methyl sites for hydroxylation is 1. The molecule has 0 bridgehead atoms. The summed E-state index contributed by atoms with van der Waals surface area (Å²) < 4.78 is 11.1. The van der Waals surface area contributed by atoms with Gasteiger partial charge in [0.05, 0.1) is 0 Å². The van der Waals surface area contributed by atoms with Gasteiger partial charge in [0.15, 0.2) is 5.85 Å². The predicted molar refractivity (Wildman–Crippen MR) is 113 cm³/mol. The maximum atomic E-state index is 11.1. The summed E-state index contributed by atoms with van der Waals surface area (Å²) in [7, 11) is -4.49. The minimum atomic E-state index is -4.49. The third-order valence-corrected chi connectivity index (χ3v) is 6.10. The van der Waals surface area contributed by atoms with E-state index in [0.29, 0.717) is 0 Å². The monoisotopic (exact) mass is 398 g/mol. The van der Waals surface area contributed by atoms with Gasteiger partial charge in [-0.15, -0.1) is 0 Å². The van der Waals surface area contributed by atoms with Crippen LogP contribution in [-0.2, 0) is 11.0 Å². The number of rotatable bonds is 16. The number of unbranched alkanes of at least 4 members (excludes halogenated alkanes) is 12. The van der Waals surface area contributed by atoms with Gasteiger partial charge in [0.1, 0.15) is 0 Å². The van der Waals surface area contributed by atoms with Crippen LogP contribution >= 0.6 is 7.60 Å². The van der Waals surface area contributed by atoms with Crippen molar-refractivity contribution in [3.63, 3.8) is 0 Å². The summed E-state index contributed by atoms with van der Waals surface area (Å²) in [6.45, 7) is 2.26. The molecule has 0 aromatic heterocycles. The molecule has 156 valence electrons. The normalized spacial score (nSPS) is 13.0. The minimum Gasteiger partial charge on any atom is -0.376 e. The molecule has 0 aliphatic heterocycles. The molecule has 1 atom stereocenters. The summed E-state index contributed by atoms with van der Waals surface area (Å²) in [6, 6.07) is 6.94. The van der Waals surface area contributed by atoms with Crippen molar-refractivity contribution >= 4 is 7.60 Å². The molecule has 0 aliphatic rings. The van der Waals surface area contributed by atoms with Gasteiger partial charge in [0.2, 0.25) is 0 Å². The molecule has 4 nitrogen and oxygen atoms in total. The Bertz CT molecular complexity index is 524. The van der Waals surface area contributed by atoms with Crippen LogP contribution < -0.4 is 0 Å². The third-order valence-electron chi connectivity index (χ3n) is 5.17. The zero-order valence-electron chi connectivity index (χ0n) is 17.0. The molecule has 5 heteroatoms. The van der Waals surface area contributed by atoms with Crippen molar-refractivity contribution in [3.8, 4) is 0 Å². The van der Waals surface area contributed by atoms with Gasteiger partial charge in [0.25, 0.3) is 0 Å². The van der Waals surface area contributed by atoms with Crippen molar-refractivity contribution in [2.45, 2.75) is 103 Å². The van der Waals surface area contributed by atoms with Gasteiger partial charge in [0, 0.05) is 0 Å². The second-order valence-electron chi connectivity index (χ2n) is 7.70. The van der Waals surface area contributed by atoms with Crippen molar-refractivity contribution < 1.29 is 19.5 Å². The average Bonchev–Trinajstić information content (AvgIpc) is 2.64. The highest BCUT2D eigenvalue weighted by atomic mass is 31.2. The number of aliphatic hydroxyl groups is 1. The summed E-state index contributed by atoms with van der Waals surface area (Å²) >= 11 is 0. The highest BCUT2D eigenvalue weighted by molar-refractivity contribution is 7.51. The van der Waals surface area contributed by atoms with Crippen molar-refractivity contribution in [2.24, 2.45) is 0 Å². The Morgan fingerprint density at radius 2 is 1.15 bits per heavy atom. The first-order valence-corrected chi connectivity index (χ1v) is 12.5. The zero-order chi connectivity index (χ0) is 20.0. The molecule has 0 heterocycles. The zero-order valence-corrected chi connectivity index (χ0v) is 17.9. The van der Waals surface area contributed by atoms with E-state index in [2.05, 4.69) is 6.92 Å². The Hall–Kier alpha value is -0.670. The van der Waals surface area contributed by atoms with Gasteiger partial charge in [-0.3, -0.25) is 4.57 Å². The Morgan fingerprint density at radius 3 is 1.56 bits per heavy atom. The lowest BCUT2D eigenvalue weighted by Gasteiger charge is -2.13. The summed E-state index contributed by atoms with van der Waals surface area (Å²) in [5, 5.41) is 9.58. The number of hydrogen-bond donors (Lipinski definition) is 3. The number of benzene rings is 1. The van der Waals surface area contributed by atoms with Crippen LogP contribution in [0, 0.1) is 0 Å². The van der Waals surface area contributed by atoms with Crippen LogP contribution in [0.5, 0.6) is 0 Å². The smallest absolute Gasteiger partial charge is 0.358 e. The van der Waals surface area contributed by atoms with Crippen LogP contribution in [0.25, 0.3) is 0 Å². The lowest BCUT2D eigenvalue weighted by Crippen LogP contribution is -1.98. The van der Waals surface area contributed by atoms with E-state index in [-0.39, 0.29) is 5.56 Å². The molecular weight excluding hydrogens is 359 g/mol. The lowest BCUT2D eigenvalue weighted by atomic mass is 10.0. The van der Waals surface area contributed by atoms with Gasteiger partial charge in [-0.25, -0.2) is 0 Å². The van der Waals surface area contributed by atoms with Crippen molar-refractivity contribution in [3.05, 3.63) is 35.4 Å². The quantitative estimate of drug-likeness (QED) is 0.220. The largest absolute Gasteiger partial charge is 0.376 e. The van der Waals surface area contributed by atoms with Gasteiger partial charge in [-0.2, -0.15) is 0 Å². The number of hydrogen-bond acceptors (Lipinski definition) is 2. The molecule has 0 radical (unpaired) electrons. The Morgan fingerprint density at radius 1 is 0.741 bits per heavy atom. The first-order chi connectivity index (χ1) is 12.9.